The van der Waals surface area contributed by atoms with Crippen molar-refractivity contribution in [1.82, 2.24) is 0 Å². The van der Waals surface area contributed by atoms with E-state index in [0.717, 1.165) is 28.4 Å². The van der Waals surface area contributed by atoms with Crippen molar-refractivity contribution in [2.45, 2.75) is 60.8 Å². The molecule has 0 saturated carbocycles. The number of hydrogen-bond acceptors (Lipinski definition) is 2. The number of hydrogen-bond donors (Lipinski definition) is 1. The lowest BCUT2D eigenvalue weighted by Gasteiger charge is -2.25. The Morgan fingerprint density at radius 3 is 2.29 bits per heavy atom. The van der Waals surface area contributed by atoms with Crippen molar-refractivity contribution in [2.24, 2.45) is 17.8 Å². The Balaban J connectivity index is 3.55. The number of Topliss-reactive ketones (excluding diaryl/α,β-unsaturated/α-hetero) is 1. The summed E-state index contributed by atoms with van der Waals surface area (Å²) in [6.45, 7) is 12.5. The zero-order chi connectivity index (χ0) is 18.4. The molecule has 1 N–H and O–H groups in total. The number of aliphatic hydroxyl groups excluding tert-OH is 1. The molecule has 2 atom stereocenters. The minimum atomic E-state index is -0.0514. The Kier molecular flexibility index (Phi) is 8.21. The van der Waals surface area contributed by atoms with Crippen LogP contribution >= 0.6 is 15.9 Å². The molecule has 0 bridgehead atoms. The highest BCUT2D eigenvalue weighted by atomic mass is 79.9. The molecule has 0 aromatic heterocycles. The van der Waals surface area contributed by atoms with Gasteiger partial charge in [0, 0.05) is 16.8 Å². The van der Waals surface area contributed by atoms with Crippen LogP contribution in [0.15, 0.2) is 28.4 Å². The SMILES string of the molecule is CCCC(=O)C(=C(O)C(C)C(C)C(C)C)c1cc(Br)ccc1CC. The Morgan fingerprint density at radius 1 is 1.17 bits per heavy atom. The number of rotatable bonds is 8. The summed E-state index contributed by atoms with van der Waals surface area (Å²) in [7, 11) is 0. The predicted molar refractivity (Wildman–Crippen MR) is 106 cm³/mol. The lowest BCUT2D eigenvalue weighted by Crippen LogP contribution is -2.19. The molecule has 0 aliphatic carbocycles. The number of allylic oxidation sites excluding steroid dienone is 2. The molecule has 0 radical (unpaired) electrons. The van der Waals surface area contributed by atoms with E-state index in [4.69, 9.17) is 0 Å². The molecular formula is C21H31BrO2. The standard InChI is InChI=1S/C21H31BrO2/c1-7-9-19(23)20(21(24)15(6)14(5)13(3)4)18-12-17(22)11-10-16(18)8-2/h10-15,24H,7-9H2,1-6H3. The van der Waals surface area contributed by atoms with Crippen molar-refractivity contribution in [1.29, 1.82) is 0 Å². The van der Waals surface area contributed by atoms with Crippen molar-refractivity contribution in [3.8, 4) is 0 Å². The van der Waals surface area contributed by atoms with Crippen molar-refractivity contribution in [2.75, 3.05) is 0 Å². The topological polar surface area (TPSA) is 37.3 Å². The maximum atomic E-state index is 12.8. The van der Waals surface area contributed by atoms with Crippen LogP contribution in [0.25, 0.3) is 5.57 Å². The molecule has 0 amide bonds. The number of aryl methyl sites for hydroxylation is 1. The van der Waals surface area contributed by atoms with Gasteiger partial charge in [0.05, 0.1) is 5.57 Å². The van der Waals surface area contributed by atoms with E-state index in [1.54, 1.807) is 0 Å². The number of ketones is 1. The first kappa shape index (κ1) is 21.0. The van der Waals surface area contributed by atoms with E-state index in [1.807, 2.05) is 32.0 Å². The normalized spacial score (nSPS) is 15.2. The molecule has 0 saturated heterocycles. The first-order valence-electron chi connectivity index (χ1n) is 8.99. The van der Waals surface area contributed by atoms with Crippen LogP contribution in [0.4, 0.5) is 0 Å². The third kappa shape index (κ3) is 4.95. The van der Waals surface area contributed by atoms with Gasteiger partial charge in [0.15, 0.2) is 5.78 Å². The first-order chi connectivity index (χ1) is 11.2. The van der Waals surface area contributed by atoms with Crippen molar-refractivity contribution in [3.63, 3.8) is 0 Å². The van der Waals surface area contributed by atoms with Crippen LogP contribution in [0, 0.1) is 17.8 Å². The molecule has 1 rings (SSSR count). The van der Waals surface area contributed by atoms with Gasteiger partial charge in [-0.2, -0.15) is 0 Å². The zero-order valence-electron chi connectivity index (χ0n) is 15.8. The lowest BCUT2D eigenvalue weighted by atomic mass is 9.81. The fourth-order valence-electron chi connectivity index (χ4n) is 2.93. The number of carbonyl (C=O) groups excluding carboxylic acids is 1. The summed E-state index contributed by atoms with van der Waals surface area (Å²) in [4.78, 5) is 12.8. The highest BCUT2D eigenvalue weighted by Crippen LogP contribution is 2.34. The van der Waals surface area contributed by atoms with Gasteiger partial charge in [0.2, 0.25) is 0 Å². The van der Waals surface area contributed by atoms with E-state index >= 15 is 0 Å². The number of carbonyl (C=O) groups is 1. The Labute approximate surface area is 155 Å². The summed E-state index contributed by atoms with van der Waals surface area (Å²) >= 11 is 3.50. The van der Waals surface area contributed by atoms with Gasteiger partial charge < -0.3 is 5.11 Å². The number of benzene rings is 1. The molecular weight excluding hydrogens is 364 g/mol. The molecule has 3 heteroatoms. The van der Waals surface area contributed by atoms with Gasteiger partial charge in [-0.3, -0.25) is 4.79 Å². The quantitative estimate of drug-likeness (QED) is 0.399. The summed E-state index contributed by atoms with van der Waals surface area (Å²) in [5, 5.41) is 11.0. The second kappa shape index (κ2) is 9.41. The average molecular weight is 395 g/mol. The highest BCUT2D eigenvalue weighted by molar-refractivity contribution is 9.10. The predicted octanol–water partition coefficient (Wildman–Crippen LogP) is 6.58. The van der Waals surface area contributed by atoms with E-state index in [9.17, 15) is 9.90 Å². The lowest BCUT2D eigenvalue weighted by molar-refractivity contribution is -0.113. The minimum Gasteiger partial charge on any atom is -0.511 e. The summed E-state index contributed by atoms with van der Waals surface area (Å²) in [6, 6.07) is 5.98. The van der Waals surface area contributed by atoms with Gasteiger partial charge >= 0.3 is 0 Å². The van der Waals surface area contributed by atoms with Crippen LogP contribution in [0.2, 0.25) is 0 Å². The molecule has 24 heavy (non-hydrogen) atoms. The van der Waals surface area contributed by atoms with Gasteiger partial charge in [-0.15, -0.1) is 0 Å². The molecule has 2 unspecified atom stereocenters. The fraction of sp³-hybridized carbons (Fsp3) is 0.571. The Morgan fingerprint density at radius 2 is 1.79 bits per heavy atom. The van der Waals surface area contributed by atoms with Gasteiger partial charge in [0.25, 0.3) is 0 Å². The molecule has 2 nitrogen and oxygen atoms in total. The van der Waals surface area contributed by atoms with E-state index in [-0.39, 0.29) is 17.5 Å². The zero-order valence-corrected chi connectivity index (χ0v) is 17.4. The third-order valence-electron chi connectivity index (χ3n) is 5.01. The fourth-order valence-corrected chi connectivity index (χ4v) is 3.29. The van der Waals surface area contributed by atoms with E-state index in [1.165, 1.54) is 0 Å². The molecule has 0 aliphatic heterocycles. The summed E-state index contributed by atoms with van der Waals surface area (Å²) in [5.74, 6) is 0.960. The van der Waals surface area contributed by atoms with E-state index < -0.39 is 0 Å². The van der Waals surface area contributed by atoms with Gasteiger partial charge in [0.1, 0.15) is 5.76 Å². The maximum Gasteiger partial charge on any atom is 0.166 e. The summed E-state index contributed by atoms with van der Waals surface area (Å²) < 4.78 is 0.925. The largest absolute Gasteiger partial charge is 0.511 e. The monoisotopic (exact) mass is 394 g/mol. The molecule has 1 aromatic rings. The summed E-state index contributed by atoms with van der Waals surface area (Å²) in [6.07, 6.45) is 2.06. The second-order valence-corrected chi connectivity index (χ2v) is 7.90. The smallest absolute Gasteiger partial charge is 0.166 e. The van der Waals surface area contributed by atoms with Crippen molar-refractivity contribution < 1.29 is 9.90 Å². The van der Waals surface area contributed by atoms with Gasteiger partial charge in [-0.1, -0.05) is 63.5 Å². The van der Waals surface area contributed by atoms with Gasteiger partial charge in [-0.25, -0.2) is 0 Å². The Bertz CT molecular complexity index is 602. The van der Waals surface area contributed by atoms with Crippen LogP contribution in [0.5, 0.6) is 0 Å². The van der Waals surface area contributed by atoms with E-state index in [2.05, 4.69) is 43.6 Å². The number of halogens is 1. The summed E-state index contributed by atoms with van der Waals surface area (Å²) in [5.41, 5.74) is 2.47. The third-order valence-corrected chi connectivity index (χ3v) is 5.50. The Hall–Kier alpha value is -1.09. The molecule has 0 fully saturated rings. The van der Waals surface area contributed by atoms with Crippen LogP contribution in [0.3, 0.4) is 0 Å². The average Bonchev–Trinajstić information content (AvgIpc) is 2.54. The molecule has 0 aliphatic rings. The van der Waals surface area contributed by atoms with Crippen LogP contribution in [0.1, 0.15) is 65.5 Å². The van der Waals surface area contributed by atoms with Crippen molar-refractivity contribution in [3.05, 3.63) is 39.6 Å². The van der Waals surface area contributed by atoms with E-state index in [0.29, 0.717) is 23.8 Å². The second-order valence-electron chi connectivity index (χ2n) is 6.98. The van der Waals surface area contributed by atoms with Crippen LogP contribution < -0.4 is 0 Å². The first-order valence-corrected chi connectivity index (χ1v) is 9.78. The molecule has 134 valence electrons. The van der Waals surface area contributed by atoms with Crippen LogP contribution in [-0.2, 0) is 11.2 Å². The highest BCUT2D eigenvalue weighted by Gasteiger charge is 2.26. The molecule has 0 spiro atoms. The molecule has 1 aromatic carbocycles. The molecule has 0 heterocycles. The van der Waals surface area contributed by atoms with Crippen molar-refractivity contribution >= 4 is 27.3 Å². The number of aliphatic hydroxyl groups is 1. The maximum absolute atomic E-state index is 12.8. The minimum absolute atomic E-state index is 0.0330. The van der Waals surface area contributed by atoms with Crippen LogP contribution in [-0.4, -0.2) is 10.9 Å². The van der Waals surface area contributed by atoms with Gasteiger partial charge in [-0.05, 0) is 47.9 Å².